The van der Waals surface area contributed by atoms with E-state index in [-0.39, 0.29) is 6.42 Å². The molecule has 6 nitrogen and oxygen atoms in total. The predicted octanol–water partition coefficient (Wildman–Crippen LogP) is 1.86. The molecule has 0 aliphatic carbocycles. The number of carbonyl (C=O) groups is 1. The third-order valence-electron chi connectivity index (χ3n) is 2.40. The maximum atomic E-state index is 10.5. The number of aryl methyl sites for hydroxylation is 1. The van der Waals surface area contributed by atoms with Gasteiger partial charge in [-0.1, -0.05) is 5.21 Å². The van der Waals surface area contributed by atoms with Crippen molar-refractivity contribution in [1.82, 2.24) is 15.0 Å². The van der Waals surface area contributed by atoms with Crippen molar-refractivity contribution in [2.75, 3.05) is 0 Å². The molecule has 0 amide bonds. The van der Waals surface area contributed by atoms with Crippen molar-refractivity contribution in [3.63, 3.8) is 0 Å². The van der Waals surface area contributed by atoms with E-state index in [0.717, 1.165) is 22.3 Å². The molecule has 1 heterocycles. The number of nitrogens with zero attached hydrogens (tertiary/aromatic N) is 4. The van der Waals surface area contributed by atoms with E-state index < -0.39 is 5.97 Å². The van der Waals surface area contributed by atoms with Gasteiger partial charge in [-0.2, -0.15) is 5.26 Å². The van der Waals surface area contributed by atoms with Crippen LogP contribution in [0.3, 0.4) is 0 Å². The third kappa shape index (κ3) is 3.56. The van der Waals surface area contributed by atoms with Gasteiger partial charge < -0.3 is 5.11 Å². The second-order valence-electron chi connectivity index (χ2n) is 3.74. The van der Waals surface area contributed by atoms with Gasteiger partial charge in [0.2, 0.25) is 0 Å². The van der Waals surface area contributed by atoms with E-state index >= 15 is 0 Å². The van der Waals surface area contributed by atoms with Crippen LogP contribution >= 0.6 is 11.8 Å². The second-order valence-corrected chi connectivity index (χ2v) is 4.59. The highest BCUT2D eigenvalue weighted by molar-refractivity contribution is 8.03. The standard InChI is InChI=1S/C12H10N4O2S/c13-8-19-11-4-2-10(3-5-11)16-7-9(14-15-16)1-6-12(17)18/h2-5,7H,1,6H2,(H,17,18). The van der Waals surface area contributed by atoms with Crippen molar-refractivity contribution in [3.8, 4) is 11.1 Å². The lowest BCUT2D eigenvalue weighted by Crippen LogP contribution is -1.97. The van der Waals surface area contributed by atoms with Crippen LogP contribution in [0.2, 0.25) is 0 Å². The number of benzene rings is 1. The van der Waals surface area contributed by atoms with Gasteiger partial charge in [0.15, 0.2) is 0 Å². The summed E-state index contributed by atoms with van der Waals surface area (Å²) in [5.74, 6) is -0.854. The fourth-order valence-electron chi connectivity index (χ4n) is 1.49. The van der Waals surface area contributed by atoms with E-state index in [1.54, 1.807) is 10.9 Å². The van der Waals surface area contributed by atoms with Gasteiger partial charge in [0.05, 0.1) is 24.0 Å². The number of hydrogen-bond acceptors (Lipinski definition) is 5. The molecule has 19 heavy (non-hydrogen) atoms. The molecule has 2 aromatic rings. The van der Waals surface area contributed by atoms with E-state index in [1.807, 2.05) is 29.7 Å². The maximum Gasteiger partial charge on any atom is 0.303 e. The van der Waals surface area contributed by atoms with Crippen LogP contribution < -0.4 is 0 Å². The summed E-state index contributed by atoms with van der Waals surface area (Å²) in [7, 11) is 0. The molecular formula is C12H10N4O2S. The number of carboxylic acids is 1. The number of thioether (sulfide) groups is 1. The molecule has 0 saturated heterocycles. The van der Waals surface area contributed by atoms with Gasteiger partial charge in [-0.3, -0.25) is 4.79 Å². The molecule has 1 aromatic heterocycles. The Morgan fingerprint density at radius 1 is 1.42 bits per heavy atom. The summed E-state index contributed by atoms with van der Waals surface area (Å²) in [4.78, 5) is 11.3. The SMILES string of the molecule is N#CSc1ccc(-n2cc(CCC(=O)O)nn2)cc1. The number of thiocyanates is 1. The summed E-state index contributed by atoms with van der Waals surface area (Å²) >= 11 is 1.09. The zero-order valence-electron chi connectivity index (χ0n) is 9.85. The highest BCUT2D eigenvalue weighted by Gasteiger charge is 2.05. The smallest absolute Gasteiger partial charge is 0.303 e. The summed E-state index contributed by atoms with van der Waals surface area (Å²) in [5.41, 5.74) is 1.45. The van der Waals surface area contributed by atoms with Gasteiger partial charge >= 0.3 is 5.97 Å². The molecule has 0 aliphatic rings. The van der Waals surface area contributed by atoms with Gasteiger partial charge in [0.1, 0.15) is 5.40 Å². The van der Waals surface area contributed by atoms with Crippen molar-refractivity contribution >= 4 is 17.7 Å². The summed E-state index contributed by atoms with van der Waals surface area (Å²) in [6.07, 6.45) is 2.10. The van der Waals surface area contributed by atoms with E-state index in [0.29, 0.717) is 12.1 Å². The number of aromatic nitrogens is 3. The maximum absolute atomic E-state index is 10.5. The molecule has 0 atom stereocenters. The molecule has 2 rings (SSSR count). The Morgan fingerprint density at radius 2 is 2.16 bits per heavy atom. The molecule has 0 radical (unpaired) electrons. The minimum absolute atomic E-state index is 0.0381. The number of aliphatic carboxylic acids is 1. The zero-order valence-corrected chi connectivity index (χ0v) is 10.7. The number of rotatable bonds is 5. The largest absolute Gasteiger partial charge is 0.481 e. The van der Waals surface area contributed by atoms with Crippen molar-refractivity contribution in [2.45, 2.75) is 17.7 Å². The molecule has 0 aliphatic heterocycles. The van der Waals surface area contributed by atoms with Gasteiger partial charge in [-0.15, -0.1) is 5.10 Å². The fourth-order valence-corrected chi connectivity index (χ4v) is 1.87. The summed E-state index contributed by atoms with van der Waals surface area (Å²) in [6.45, 7) is 0. The lowest BCUT2D eigenvalue weighted by atomic mass is 10.2. The quantitative estimate of drug-likeness (QED) is 0.661. The van der Waals surface area contributed by atoms with E-state index in [2.05, 4.69) is 10.3 Å². The number of hydrogen-bond donors (Lipinski definition) is 1. The topological polar surface area (TPSA) is 91.8 Å². The van der Waals surface area contributed by atoms with E-state index in [4.69, 9.17) is 10.4 Å². The van der Waals surface area contributed by atoms with Gasteiger partial charge in [0.25, 0.3) is 0 Å². The monoisotopic (exact) mass is 274 g/mol. The highest BCUT2D eigenvalue weighted by atomic mass is 32.2. The van der Waals surface area contributed by atoms with Gasteiger partial charge in [-0.05, 0) is 36.0 Å². The summed E-state index contributed by atoms with van der Waals surface area (Å²) in [5, 5.41) is 27.0. The van der Waals surface area contributed by atoms with Crippen LogP contribution in [0.25, 0.3) is 5.69 Å². The van der Waals surface area contributed by atoms with Crippen molar-refractivity contribution in [3.05, 3.63) is 36.2 Å². The normalized spacial score (nSPS) is 10.1. The van der Waals surface area contributed by atoms with Crippen molar-refractivity contribution in [1.29, 1.82) is 5.26 Å². The van der Waals surface area contributed by atoms with E-state index in [9.17, 15) is 4.79 Å². The Morgan fingerprint density at radius 3 is 2.79 bits per heavy atom. The average Bonchev–Trinajstić information content (AvgIpc) is 2.86. The average molecular weight is 274 g/mol. The van der Waals surface area contributed by atoms with Crippen LogP contribution in [0.1, 0.15) is 12.1 Å². The fraction of sp³-hybridized carbons (Fsp3) is 0.167. The van der Waals surface area contributed by atoms with Gasteiger partial charge in [0, 0.05) is 11.3 Å². The second kappa shape index (κ2) is 6.02. The van der Waals surface area contributed by atoms with Crippen LogP contribution in [-0.2, 0) is 11.2 Å². The Balaban J connectivity index is 2.09. The molecule has 1 N–H and O–H groups in total. The van der Waals surface area contributed by atoms with Crippen LogP contribution in [-0.4, -0.2) is 26.1 Å². The summed E-state index contributed by atoms with van der Waals surface area (Å²) in [6, 6.07) is 7.30. The van der Waals surface area contributed by atoms with Crippen LogP contribution in [0, 0.1) is 10.7 Å². The summed E-state index contributed by atoms with van der Waals surface area (Å²) < 4.78 is 1.58. The third-order valence-corrected chi connectivity index (χ3v) is 3.00. The molecule has 7 heteroatoms. The first-order valence-electron chi connectivity index (χ1n) is 5.48. The van der Waals surface area contributed by atoms with E-state index in [1.165, 1.54) is 0 Å². The first-order chi connectivity index (χ1) is 9.19. The highest BCUT2D eigenvalue weighted by Crippen LogP contribution is 2.18. The van der Waals surface area contributed by atoms with Gasteiger partial charge in [-0.25, -0.2) is 4.68 Å². The Bertz CT molecular complexity index is 615. The minimum atomic E-state index is -0.854. The minimum Gasteiger partial charge on any atom is -0.481 e. The Hall–Kier alpha value is -2.33. The Labute approximate surface area is 113 Å². The van der Waals surface area contributed by atoms with Crippen LogP contribution in [0.15, 0.2) is 35.4 Å². The molecule has 0 fully saturated rings. The molecule has 1 aromatic carbocycles. The Kier molecular flexibility index (Phi) is 4.15. The molecule has 0 unspecified atom stereocenters. The van der Waals surface area contributed by atoms with Crippen molar-refractivity contribution in [2.24, 2.45) is 0 Å². The first-order valence-corrected chi connectivity index (χ1v) is 6.30. The molecule has 0 saturated carbocycles. The molecule has 0 bridgehead atoms. The lowest BCUT2D eigenvalue weighted by Gasteiger charge is -2.00. The number of carboxylic acid groups (broad SMARTS) is 1. The number of nitriles is 1. The molecule has 0 spiro atoms. The van der Waals surface area contributed by atoms with Crippen LogP contribution in [0.4, 0.5) is 0 Å². The molecule has 96 valence electrons. The van der Waals surface area contributed by atoms with Crippen molar-refractivity contribution < 1.29 is 9.90 Å². The first kappa shape index (κ1) is 13.1. The molecular weight excluding hydrogens is 264 g/mol. The zero-order chi connectivity index (χ0) is 13.7. The lowest BCUT2D eigenvalue weighted by molar-refractivity contribution is -0.136. The van der Waals surface area contributed by atoms with Crippen LogP contribution in [0.5, 0.6) is 0 Å². The predicted molar refractivity (Wildman–Crippen MR) is 68.8 cm³/mol.